The van der Waals surface area contributed by atoms with Crippen molar-refractivity contribution in [1.29, 1.82) is 0 Å². The van der Waals surface area contributed by atoms with Gasteiger partial charge >= 0.3 is 6.47 Å². The van der Waals surface area contributed by atoms with Gasteiger partial charge in [-0.15, -0.1) is 0 Å². The minimum absolute atomic E-state index is 0.00840. The topological polar surface area (TPSA) is 62.2 Å². The minimum Gasteiger partial charge on any atom is -0.335 e. The number of hydrogen-bond acceptors (Lipinski definition) is 5. The third-order valence-corrected chi connectivity index (χ3v) is 7.51. The molecule has 0 aromatic heterocycles. The maximum Gasteiger partial charge on any atom is 0.337 e. The average Bonchev–Trinajstić information content (AvgIpc) is 3.78. The SMILES string of the molecule is C=C(/C=C1/N=C(C(=O)N2CCCCCC2C)C=C(C2CC2)N1C)c1cccc(C2CC2)c1F.O=COF. The summed E-state index contributed by atoms with van der Waals surface area (Å²) >= 11 is 0. The van der Waals surface area contributed by atoms with E-state index in [9.17, 15) is 9.32 Å². The van der Waals surface area contributed by atoms with Gasteiger partial charge in [0.15, 0.2) is 0 Å². The summed E-state index contributed by atoms with van der Waals surface area (Å²) < 4.78 is 25.1. The van der Waals surface area contributed by atoms with Gasteiger partial charge in [0.1, 0.15) is 17.3 Å². The molecule has 2 saturated carbocycles. The van der Waals surface area contributed by atoms with E-state index in [1.54, 1.807) is 6.07 Å². The number of rotatable bonds is 6. The lowest BCUT2D eigenvalue weighted by Crippen LogP contribution is -2.43. The second-order valence-electron chi connectivity index (χ2n) is 10.3. The molecule has 0 N–H and O–H groups in total. The second kappa shape index (κ2) is 11.8. The Balaban J connectivity index is 0.000000747. The highest BCUT2D eigenvalue weighted by Gasteiger charge is 2.35. The third-order valence-electron chi connectivity index (χ3n) is 7.51. The van der Waals surface area contributed by atoms with Crippen LogP contribution in [0.15, 0.2) is 53.4 Å². The maximum absolute atomic E-state index is 15.2. The highest BCUT2D eigenvalue weighted by atomic mass is 19.3. The molecular formula is C29H35F2N3O3. The summed E-state index contributed by atoms with van der Waals surface area (Å²) in [4.78, 5) is 33.3. The first kappa shape index (κ1) is 26.8. The van der Waals surface area contributed by atoms with Gasteiger partial charge < -0.3 is 9.80 Å². The Kier molecular flexibility index (Phi) is 8.56. The molecule has 2 aliphatic heterocycles. The summed E-state index contributed by atoms with van der Waals surface area (Å²) in [6.07, 6.45) is 12.6. The van der Waals surface area contributed by atoms with Gasteiger partial charge in [0.25, 0.3) is 5.91 Å². The Morgan fingerprint density at radius 3 is 2.49 bits per heavy atom. The summed E-state index contributed by atoms with van der Waals surface area (Å²) in [6.45, 7) is 6.81. The molecule has 1 atom stereocenters. The number of hydrogen-bond donors (Lipinski definition) is 0. The van der Waals surface area contributed by atoms with Crippen LogP contribution in [0.3, 0.4) is 0 Å². The summed E-state index contributed by atoms with van der Waals surface area (Å²) in [5.41, 5.74) is 3.52. The van der Waals surface area contributed by atoms with Crippen molar-refractivity contribution in [2.75, 3.05) is 13.6 Å². The summed E-state index contributed by atoms with van der Waals surface area (Å²) in [6, 6.07) is 5.81. The van der Waals surface area contributed by atoms with E-state index in [-0.39, 0.29) is 24.2 Å². The summed E-state index contributed by atoms with van der Waals surface area (Å²) in [5.74, 6) is 1.30. The van der Waals surface area contributed by atoms with Crippen LogP contribution in [0.2, 0.25) is 0 Å². The number of nitrogens with zero attached hydrogens (tertiary/aromatic N) is 3. The van der Waals surface area contributed by atoms with Crippen LogP contribution in [0, 0.1) is 11.7 Å². The number of carbonyl (C=O) groups is 2. The number of amides is 1. The van der Waals surface area contributed by atoms with Gasteiger partial charge in [0, 0.05) is 35.4 Å². The predicted molar refractivity (Wildman–Crippen MR) is 139 cm³/mol. The molecule has 8 heteroatoms. The highest BCUT2D eigenvalue weighted by molar-refractivity contribution is 6.43. The normalized spacial score (nSPS) is 22.8. The van der Waals surface area contributed by atoms with Crippen molar-refractivity contribution in [3.63, 3.8) is 0 Å². The number of halogens is 2. The van der Waals surface area contributed by atoms with Gasteiger partial charge in [-0.25, -0.2) is 9.38 Å². The lowest BCUT2D eigenvalue weighted by Gasteiger charge is -2.31. The van der Waals surface area contributed by atoms with Crippen molar-refractivity contribution in [3.8, 4) is 0 Å². The van der Waals surface area contributed by atoms with E-state index < -0.39 is 0 Å². The predicted octanol–water partition coefficient (Wildman–Crippen LogP) is 6.07. The van der Waals surface area contributed by atoms with Crippen molar-refractivity contribution in [2.24, 2.45) is 10.9 Å². The zero-order valence-corrected chi connectivity index (χ0v) is 21.6. The highest BCUT2D eigenvalue weighted by Crippen LogP contribution is 2.43. The molecule has 1 unspecified atom stereocenters. The summed E-state index contributed by atoms with van der Waals surface area (Å²) in [7, 11) is 1.99. The number of carbonyl (C=O) groups excluding carboxylic acids is 2. The van der Waals surface area contributed by atoms with Crippen LogP contribution in [0.5, 0.6) is 0 Å². The van der Waals surface area contributed by atoms with Crippen molar-refractivity contribution in [1.82, 2.24) is 9.80 Å². The van der Waals surface area contributed by atoms with E-state index in [1.807, 2.05) is 41.1 Å². The molecule has 0 spiro atoms. The first-order valence-electron chi connectivity index (χ1n) is 13.1. The maximum atomic E-state index is 15.2. The Bertz CT molecular complexity index is 1140. The lowest BCUT2D eigenvalue weighted by atomic mass is 10.0. The van der Waals surface area contributed by atoms with Gasteiger partial charge in [0.05, 0.1) is 0 Å². The first-order chi connectivity index (χ1) is 17.8. The van der Waals surface area contributed by atoms with Crippen LogP contribution in [-0.4, -0.2) is 47.5 Å². The monoisotopic (exact) mass is 511 g/mol. The fraction of sp³-hybridized carbons (Fsp3) is 0.483. The largest absolute Gasteiger partial charge is 0.337 e. The molecule has 2 heterocycles. The second-order valence-corrected chi connectivity index (χ2v) is 10.3. The van der Waals surface area contributed by atoms with Crippen LogP contribution in [-0.2, 0) is 14.5 Å². The number of allylic oxidation sites excluding steroid dienone is 3. The summed E-state index contributed by atoms with van der Waals surface area (Å²) in [5, 5.41) is 0. The Morgan fingerprint density at radius 1 is 1.14 bits per heavy atom. The number of likely N-dealkylation sites (tertiary alicyclic amines) is 1. The van der Waals surface area contributed by atoms with E-state index in [0.29, 0.717) is 34.5 Å². The Morgan fingerprint density at radius 2 is 1.84 bits per heavy atom. The Hall–Kier alpha value is -3.29. The molecule has 37 heavy (non-hydrogen) atoms. The van der Waals surface area contributed by atoms with E-state index in [2.05, 4.69) is 18.4 Å². The van der Waals surface area contributed by atoms with E-state index in [0.717, 1.165) is 56.3 Å². The smallest absolute Gasteiger partial charge is 0.335 e. The molecule has 0 bridgehead atoms. The fourth-order valence-electron chi connectivity index (χ4n) is 5.07. The average molecular weight is 512 g/mol. The minimum atomic E-state index is -0.292. The quantitative estimate of drug-likeness (QED) is 0.435. The zero-order valence-electron chi connectivity index (χ0n) is 21.6. The van der Waals surface area contributed by atoms with E-state index >= 15 is 4.39 Å². The fourth-order valence-corrected chi connectivity index (χ4v) is 5.07. The van der Waals surface area contributed by atoms with Crippen molar-refractivity contribution < 1.29 is 23.4 Å². The van der Waals surface area contributed by atoms with Crippen LogP contribution in [0.25, 0.3) is 5.57 Å². The standard InChI is InChI=1S/C28H34FN3O.CHFO2/c1-18(22-9-7-10-23(27(22)29)20-11-12-20)16-26-30-24(17-25(31(26)3)21-13-14-21)28(33)32-15-6-4-5-8-19(32)2;2-4-1-3/h7,9-10,16-17,19-21H,1,4-6,8,11-15H2,2-3H3;1H/b26-16-;. The molecule has 1 saturated heterocycles. The molecule has 0 radical (unpaired) electrons. The molecule has 6 nitrogen and oxygen atoms in total. The van der Waals surface area contributed by atoms with Gasteiger partial charge in [-0.2, -0.15) is 0 Å². The molecule has 198 valence electrons. The molecule has 1 amide bonds. The molecule has 3 fully saturated rings. The molecule has 2 aliphatic carbocycles. The van der Waals surface area contributed by atoms with Crippen LogP contribution < -0.4 is 0 Å². The first-order valence-corrected chi connectivity index (χ1v) is 13.1. The van der Waals surface area contributed by atoms with Crippen LogP contribution >= 0.6 is 0 Å². The van der Waals surface area contributed by atoms with Gasteiger partial charge in [-0.05, 0) is 80.6 Å². The molecule has 1 aromatic rings. The van der Waals surface area contributed by atoms with Gasteiger partial charge in [0.2, 0.25) is 0 Å². The number of benzene rings is 1. The number of aliphatic imine (C=N–C) groups is 1. The van der Waals surface area contributed by atoms with E-state index in [4.69, 9.17) is 9.79 Å². The molecule has 5 rings (SSSR count). The molecule has 1 aromatic carbocycles. The van der Waals surface area contributed by atoms with Crippen molar-refractivity contribution in [2.45, 2.75) is 70.3 Å². The molecule has 4 aliphatic rings. The van der Waals surface area contributed by atoms with Gasteiger partial charge in [-0.3, -0.25) is 14.5 Å². The lowest BCUT2D eigenvalue weighted by molar-refractivity contribution is -0.165. The van der Waals surface area contributed by atoms with Crippen molar-refractivity contribution >= 4 is 23.7 Å². The molecular weight excluding hydrogens is 476 g/mol. The Labute approximate surface area is 217 Å². The van der Waals surface area contributed by atoms with Crippen LogP contribution in [0.4, 0.5) is 8.92 Å². The van der Waals surface area contributed by atoms with E-state index in [1.165, 1.54) is 12.8 Å². The van der Waals surface area contributed by atoms with Gasteiger partial charge in [-0.1, -0.05) is 37.6 Å². The van der Waals surface area contributed by atoms with Crippen molar-refractivity contribution in [3.05, 3.63) is 65.4 Å². The zero-order chi connectivity index (χ0) is 26.5. The van der Waals surface area contributed by atoms with Crippen LogP contribution in [0.1, 0.15) is 75.3 Å². The third kappa shape index (κ3) is 6.35.